The number of thioether (sulfide) groups is 2. The number of halogens is 1. The van der Waals surface area contributed by atoms with E-state index >= 15 is 0 Å². The molecule has 0 aromatic heterocycles. The number of nitrogens with zero attached hydrogens (tertiary/aromatic N) is 1. The van der Waals surface area contributed by atoms with Crippen LogP contribution in [0.1, 0.15) is 16.7 Å². The number of amides is 1. The average Bonchev–Trinajstić information content (AvgIpc) is 2.88. The summed E-state index contributed by atoms with van der Waals surface area (Å²) in [6.07, 6.45) is 1.82. The Hall–Kier alpha value is -1.50. The summed E-state index contributed by atoms with van der Waals surface area (Å²) in [5.41, 5.74) is 1.08. The van der Waals surface area contributed by atoms with Crippen molar-refractivity contribution in [1.82, 2.24) is 0 Å². The predicted molar refractivity (Wildman–Crippen MR) is 98.3 cm³/mol. The molecule has 2 aromatic carbocycles. The highest BCUT2D eigenvalue weighted by Gasteiger charge is 2.48. The summed E-state index contributed by atoms with van der Waals surface area (Å²) in [5.74, 6) is -0.203. The standard InChI is InChI=1S/C18H18FNO2S2/c1-11-12(2)16(23-3)15(19)9-14(11)18(22)10-24-17(21)20(18)13-7-5-4-6-8-13/h4-9,22H,10H2,1-3H3. The summed E-state index contributed by atoms with van der Waals surface area (Å²) in [7, 11) is 0. The van der Waals surface area contributed by atoms with Crippen LogP contribution in [0, 0.1) is 19.7 Å². The zero-order valence-corrected chi connectivity index (χ0v) is 15.3. The molecular formula is C18H18FNO2S2. The molecule has 1 saturated heterocycles. The third-order valence-corrected chi connectivity index (χ3v) is 6.28. The van der Waals surface area contributed by atoms with Gasteiger partial charge in [-0.15, -0.1) is 11.8 Å². The van der Waals surface area contributed by atoms with Crippen molar-refractivity contribution in [3.8, 4) is 0 Å². The molecule has 0 bridgehead atoms. The molecule has 0 aliphatic carbocycles. The first kappa shape index (κ1) is 17.3. The van der Waals surface area contributed by atoms with E-state index in [1.807, 2.05) is 38.3 Å². The minimum absolute atomic E-state index is 0.166. The lowest BCUT2D eigenvalue weighted by atomic mass is 9.94. The Kier molecular flexibility index (Phi) is 4.64. The smallest absolute Gasteiger partial charge is 0.288 e. The molecule has 1 atom stereocenters. The van der Waals surface area contributed by atoms with Crippen molar-refractivity contribution in [3.63, 3.8) is 0 Å². The first-order chi connectivity index (χ1) is 11.4. The van der Waals surface area contributed by atoms with E-state index in [-0.39, 0.29) is 16.8 Å². The first-order valence-electron chi connectivity index (χ1n) is 7.48. The van der Waals surface area contributed by atoms with E-state index < -0.39 is 5.72 Å². The zero-order valence-electron chi connectivity index (χ0n) is 13.7. The van der Waals surface area contributed by atoms with Gasteiger partial charge in [-0.25, -0.2) is 4.39 Å². The third-order valence-electron chi connectivity index (χ3n) is 4.39. The van der Waals surface area contributed by atoms with Crippen molar-refractivity contribution in [2.75, 3.05) is 16.9 Å². The van der Waals surface area contributed by atoms with Crippen molar-refractivity contribution >= 4 is 34.5 Å². The molecule has 1 amide bonds. The van der Waals surface area contributed by atoms with Gasteiger partial charge >= 0.3 is 0 Å². The van der Waals surface area contributed by atoms with Gasteiger partial charge in [-0.3, -0.25) is 9.69 Å². The number of benzene rings is 2. The molecule has 3 nitrogen and oxygen atoms in total. The van der Waals surface area contributed by atoms with Crippen LogP contribution in [0.3, 0.4) is 0 Å². The van der Waals surface area contributed by atoms with Gasteiger partial charge in [0.25, 0.3) is 5.24 Å². The Morgan fingerprint density at radius 3 is 2.54 bits per heavy atom. The maximum absolute atomic E-state index is 14.5. The summed E-state index contributed by atoms with van der Waals surface area (Å²) < 4.78 is 14.5. The topological polar surface area (TPSA) is 40.5 Å². The number of carbonyl (C=O) groups excluding carboxylic acids is 1. The highest BCUT2D eigenvalue weighted by molar-refractivity contribution is 8.14. The maximum Gasteiger partial charge on any atom is 0.288 e. The molecule has 24 heavy (non-hydrogen) atoms. The van der Waals surface area contributed by atoms with E-state index in [4.69, 9.17) is 0 Å². The molecule has 1 heterocycles. The van der Waals surface area contributed by atoms with Gasteiger partial charge in [-0.05, 0) is 49.4 Å². The lowest BCUT2D eigenvalue weighted by Crippen LogP contribution is -2.45. The highest BCUT2D eigenvalue weighted by Crippen LogP contribution is 2.44. The Morgan fingerprint density at radius 2 is 1.92 bits per heavy atom. The summed E-state index contributed by atoms with van der Waals surface area (Å²) in [4.78, 5) is 14.3. The summed E-state index contributed by atoms with van der Waals surface area (Å²) >= 11 is 2.38. The van der Waals surface area contributed by atoms with Crippen LogP contribution in [0.25, 0.3) is 0 Å². The van der Waals surface area contributed by atoms with Crippen LogP contribution in [-0.2, 0) is 5.72 Å². The molecule has 1 N–H and O–H groups in total. The number of rotatable bonds is 3. The molecule has 1 unspecified atom stereocenters. The van der Waals surface area contributed by atoms with E-state index in [1.165, 1.54) is 22.7 Å². The van der Waals surface area contributed by atoms with Crippen LogP contribution in [0.15, 0.2) is 41.3 Å². The Labute approximate surface area is 149 Å². The minimum Gasteiger partial charge on any atom is -0.366 e. The fraction of sp³-hybridized carbons (Fsp3) is 0.278. The molecule has 0 spiro atoms. The van der Waals surface area contributed by atoms with Gasteiger partial charge < -0.3 is 5.11 Å². The van der Waals surface area contributed by atoms with E-state index in [9.17, 15) is 14.3 Å². The molecular weight excluding hydrogens is 345 g/mol. The van der Waals surface area contributed by atoms with Crippen LogP contribution in [0.5, 0.6) is 0 Å². The molecule has 6 heteroatoms. The first-order valence-corrected chi connectivity index (χ1v) is 9.69. The quantitative estimate of drug-likeness (QED) is 0.804. The van der Waals surface area contributed by atoms with Crippen LogP contribution in [0.4, 0.5) is 14.9 Å². The second kappa shape index (κ2) is 6.43. The second-order valence-corrected chi connectivity index (χ2v) is 7.47. The summed E-state index contributed by atoms with van der Waals surface area (Å²) in [5, 5.41) is 11.1. The molecule has 3 rings (SSSR count). The van der Waals surface area contributed by atoms with Crippen molar-refractivity contribution in [3.05, 3.63) is 58.9 Å². The van der Waals surface area contributed by atoms with Crippen LogP contribution in [0.2, 0.25) is 0 Å². The van der Waals surface area contributed by atoms with Crippen LogP contribution >= 0.6 is 23.5 Å². The van der Waals surface area contributed by atoms with Gasteiger partial charge in [-0.1, -0.05) is 30.0 Å². The lowest BCUT2D eigenvalue weighted by Gasteiger charge is -2.35. The van der Waals surface area contributed by atoms with Crippen LogP contribution < -0.4 is 4.90 Å². The number of para-hydroxylation sites is 1. The molecule has 1 aliphatic heterocycles. The van der Waals surface area contributed by atoms with E-state index in [0.29, 0.717) is 16.1 Å². The Balaban J connectivity index is 2.19. The fourth-order valence-corrected chi connectivity index (χ4v) is 4.76. The summed E-state index contributed by atoms with van der Waals surface area (Å²) in [6.45, 7) is 3.70. The monoisotopic (exact) mass is 363 g/mol. The normalized spacial score (nSPS) is 20.7. The fourth-order valence-electron chi connectivity index (χ4n) is 3.06. The van der Waals surface area contributed by atoms with E-state index in [2.05, 4.69) is 0 Å². The second-order valence-electron chi connectivity index (χ2n) is 5.73. The highest BCUT2D eigenvalue weighted by atomic mass is 32.2. The largest absolute Gasteiger partial charge is 0.366 e. The van der Waals surface area contributed by atoms with Gasteiger partial charge in [0.15, 0.2) is 5.72 Å². The average molecular weight is 363 g/mol. The lowest BCUT2D eigenvalue weighted by molar-refractivity contribution is 0.0714. The predicted octanol–water partition coefficient (Wildman–Crippen LogP) is 4.68. The molecule has 2 aromatic rings. The number of aliphatic hydroxyl groups is 1. The van der Waals surface area contributed by atoms with Gasteiger partial charge in [-0.2, -0.15) is 0 Å². The molecule has 126 valence electrons. The number of anilines is 1. The zero-order chi connectivity index (χ0) is 17.5. The summed E-state index contributed by atoms with van der Waals surface area (Å²) in [6, 6.07) is 10.4. The number of carbonyl (C=O) groups is 1. The SMILES string of the molecule is CSc1c(F)cc(C2(O)CSC(=O)N2c2ccccc2)c(C)c1C. The van der Waals surface area contributed by atoms with Gasteiger partial charge in [0.05, 0.1) is 5.75 Å². The molecule has 1 aliphatic rings. The molecule has 0 radical (unpaired) electrons. The van der Waals surface area contributed by atoms with Crippen LogP contribution in [-0.4, -0.2) is 22.4 Å². The van der Waals surface area contributed by atoms with Crippen molar-refractivity contribution < 1.29 is 14.3 Å². The molecule has 1 fully saturated rings. The van der Waals surface area contributed by atoms with Crippen molar-refractivity contribution in [2.24, 2.45) is 0 Å². The van der Waals surface area contributed by atoms with Gasteiger partial charge in [0.1, 0.15) is 5.82 Å². The minimum atomic E-state index is -1.56. The Bertz CT molecular complexity index is 797. The van der Waals surface area contributed by atoms with Crippen molar-refractivity contribution in [1.29, 1.82) is 0 Å². The maximum atomic E-state index is 14.5. The third kappa shape index (κ3) is 2.62. The number of hydrogen-bond donors (Lipinski definition) is 1. The Morgan fingerprint density at radius 1 is 1.25 bits per heavy atom. The van der Waals surface area contributed by atoms with Gasteiger partial charge in [0.2, 0.25) is 0 Å². The van der Waals surface area contributed by atoms with E-state index in [0.717, 1.165) is 22.9 Å². The molecule has 0 saturated carbocycles. The van der Waals surface area contributed by atoms with E-state index in [1.54, 1.807) is 12.1 Å². The van der Waals surface area contributed by atoms with Gasteiger partial charge in [0, 0.05) is 16.1 Å². The number of hydrogen-bond acceptors (Lipinski definition) is 4. The van der Waals surface area contributed by atoms with Crippen molar-refractivity contribution in [2.45, 2.75) is 24.5 Å².